The number of anilines is 1. The largest absolute Gasteiger partial charge is 0.393 e. The van der Waals surface area contributed by atoms with Gasteiger partial charge in [-0.2, -0.15) is 4.31 Å². The maximum atomic E-state index is 12.7. The minimum absolute atomic E-state index is 0.229. The van der Waals surface area contributed by atoms with Gasteiger partial charge in [-0.3, -0.25) is 0 Å². The predicted molar refractivity (Wildman–Crippen MR) is 88.9 cm³/mol. The molecule has 0 unspecified atom stereocenters. The molecule has 1 aromatic rings. The summed E-state index contributed by atoms with van der Waals surface area (Å²) in [5.41, 5.74) is 0. The minimum Gasteiger partial charge on any atom is -0.393 e. The molecular weight excluding hydrogens is 314 g/mol. The molecule has 1 aromatic heterocycles. The first-order chi connectivity index (χ1) is 11.0. The zero-order chi connectivity index (χ0) is 16.4. The summed E-state index contributed by atoms with van der Waals surface area (Å²) in [6.45, 7) is 3.86. The van der Waals surface area contributed by atoms with Crippen LogP contribution in [0, 0.1) is 0 Å². The van der Waals surface area contributed by atoms with Gasteiger partial charge in [0.15, 0.2) is 0 Å². The Morgan fingerprint density at radius 3 is 2.74 bits per heavy atom. The van der Waals surface area contributed by atoms with Crippen LogP contribution in [-0.4, -0.2) is 54.6 Å². The zero-order valence-corrected chi connectivity index (χ0v) is 14.4. The molecule has 7 heteroatoms. The summed E-state index contributed by atoms with van der Waals surface area (Å²) in [7, 11) is -3.41. The van der Waals surface area contributed by atoms with E-state index in [1.165, 1.54) is 0 Å². The number of nitrogens with zero attached hydrogens (tertiary/aromatic N) is 3. The van der Waals surface area contributed by atoms with E-state index in [9.17, 15) is 13.5 Å². The predicted octanol–water partition coefficient (Wildman–Crippen LogP) is 1.61. The molecule has 1 N–H and O–H groups in total. The van der Waals surface area contributed by atoms with Gasteiger partial charge < -0.3 is 10.0 Å². The van der Waals surface area contributed by atoms with Crippen LogP contribution in [0.3, 0.4) is 0 Å². The van der Waals surface area contributed by atoms with Crippen molar-refractivity contribution in [3.05, 3.63) is 18.3 Å². The highest BCUT2D eigenvalue weighted by atomic mass is 32.2. The summed E-state index contributed by atoms with van der Waals surface area (Å²) in [5.74, 6) is 0.702. The maximum Gasteiger partial charge on any atom is 0.243 e. The second-order valence-electron chi connectivity index (χ2n) is 6.54. The third kappa shape index (κ3) is 3.51. The third-order valence-electron chi connectivity index (χ3n) is 4.70. The Morgan fingerprint density at radius 2 is 2.04 bits per heavy atom. The van der Waals surface area contributed by atoms with Crippen molar-refractivity contribution >= 4 is 15.8 Å². The minimum atomic E-state index is -3.41. The third-order valence-corrected chi connectivity index (χ3v) is 6.60. The second-order valence-corrected chi connectivity index (χ2v) is 8.47. The molecule has 128 valence electrons. The van der Waals surface area contributed by atoms with E-state index in [2.05, 4.69) is 9.88 Å². The quantitative estimate of drug-likeness (QED) is 0.882. The molecule has 0 aliphatic carbocycles. The number of aromatic nitrogens is 1. The Hall–Kier alpha value is -1.18. The molecule has 0 bridgehead atoms. The Balaban J connectivity index is 1.85. The van der Waals surface area contributed by atoms with Gasteiger partial charge >= 0.3 is 0 Å². The monoisotopic (exact) mass is 339 g/mol. The summed E-state index contributed by atoms with van der Waals surface area (Å²) < 4.78 is 27.0. The van der Waals surface area contributed by atoms with E-state index in [4.69, 9.17) is 0 Å². The number of aliphatic hydroxyl groups is 1. The van der Waals surface area contributed by atoms with E-state index < -0.39 is 10.0 Å². The lowest BCUT2D eigenvalue weighted by Gasteiger charge is -2.27. The number of pyridine rings is 1. The van der Waals surface area contributed by atoms with E-state index >= 15 is 0 Å². The Bertz CT molecular complexity index is 642. The van der Waals surface area contributed by atoms with Crippen molar-refractivity contribution in [3.63, 3.8) is 0 Å². The van der Waals surface area contributed by atoms with Gasteiger partial charge in [-0.05, 0) is 45.1 Å². The van der Waals surface area contributed by atoms with Crippen molar-refractivity contribution in [3.8, 4) is 0 Å². The topological polar surface area (TPSA) is 73.7 Å². The first-order valence-electron chi connectivity index (χ1n) is 8.39. The summed E-state index contributed by atoms with van der Waals surface area (Å²) in [6, 6.07) is 3.50. The van der Waals surface area contributed by atoms with Crippen LogP contribution in [-0.2, 0) is 10.0 Å². The van der Waals surface area contributed by atoms with Gasteiger partial charge in [0.05, 0.1) is 11.0 Å². The zero-order valence-electron chi connectivity index (χ0n) is 13.6. The summed E-state index contributed by atoms with van der Waals surface area (Å²) in [4.78, 5) is 6.84. The first kappa shape index (κ1) is 16.7. The molecule has 0 aromatic carbocycles. The van der Waals surface area contributed by atoms with E-state index in [0.717, 1.165) is 32.2 Å². The SMILES string of the molecule is C[C@@H](O)C[C@@H]1CCCN1c1cc(S(=O)(=O)N2CCCC2)ccn1. The fourth-order valence-electron chi connectivity index (χ4n) is 3.57. The summed E-state index contributed by atoms with van der Waals surface area (Å²) in [5, 5.41) is 9.66. The van der Waals surface area contributed by atoms with E-state index in [1.807, 2.05) is 0 Å². The van der Waals surface area contributed by atoms with Crippen molar-refractivity contribution in [2.45, 2.75) is 56.1 Å². The van der Waals surface area contributed by atoms with Gasteiger partial charge in [0.2, 0.25) is 10.0 Å². The van der Waals surface area contributed by atoms with Crippen LogP contribution in [0.2, 0.25) is 0 Å². The first-order valence-corrected chi connectivity index (χ1v) is 9.83. The molecule has 0 amide bonds. The molecule has 3 heterocycles. The van der Waals surface area contributed by atoms with Gasteiger partial charge in [0, 0.05) is 37.9 Å². The molecule has 2 aliphatic rings. The van der Waals surface area contributed by atoms with E-state index in [1.54, 1.807) is 29.6 Å². The van der Waals surface area contributed by atoms with Gasteiger partial charge in [-0.25, -0.2) is 13.4 Å². The van der Waals surface area contributed by atoms with Crippen LogP contribution in [0.5, 0.6) is 0 Å². The molecule has 2 atom stereocenters. The molecule has 2 aliphatic heterocycles. The normalized spacial score (nSPS) is 24.3. The summed E-state index contributed by atoms with van der Waals surface area (Å²) in [6.07, 6.45) is 5.81. The molecular formula is C16H25N3O3S. The maximum absolute atomic E-state index is 12.7. The van der Waals surface area contributed by atoms with Crippen LogP contribution in [0.15, 0.2) is 23.2 Å². The van der Waals surface area contributed by atoms with Crippen molar-refractivity contribution < 1.29 is 13.5 Å². The number of aliphatic hydroxyl groups excluding tert-OH is 1. The fourth-order valence-corrected chi connectivity index (χ4v) is 5.10. The molecule has 0 radical (unpaired) electrons. The van der Waals surface area contributed by atoms with Crippen LogP contribution >= 0.6 is 0 Å². The summed E-state index contributed by atoms with van der Waals surface area (Å²) >= 11 is 0. The number of hydrogen-bond acceptors (Lipinski definition) is 5. The van der Waals surface area contributed by atoms with Crippen LogP contribution in [0.4, 0.5) is 5.82 Å². The molecule has 0 saturated carbocycles. The molecule has 6 nitrogen and oxygen atoms in total. The molecule has 0 spiro atoms. The van der Waals surface area contributed by atoms with Crippen molar-refractivity contribution in [1.82, 2.24) is 9.29 Å². The molecule has 2 saturated heterocycles. The molecule has 2 fully saturated rings. The number of sulfonamides is 1. The number of hydrogen-bond donors (Lipinski definition) is 1. The van der Waals surface area contributed by atoms with Gasteiger partial charge in [0.25, 0.3) is 0 Å². The average molecular weight is 339 g/mol. The van der Waals surface area contributed by atoms with Gasteiger partial charge in [-0.1, -0.05) is 0 Å². The van der Waals surface area contributed by atoms with Crippen molar-refractivity contribution in [1.29, 1.82) is 0 Å². The number of rotatable bonds is 5. The van der Waals surface area contributed by atoms with Gasteiger partial charge in [-0.15, -0.1) is 0 Å². The van der Waals surface area contributed by atoms with Crippen LogP contribution < -0.4 is 4.90 Å². The highest BCUT2D eigenvalue weighted by molar-refractivity contribution is 7.89. The average Bonchev–Trinajstić information content (AvgIpc) is 3.18. The molecule has 3 rings (SSSR count). The lowest BCUT2D eigenvalue weighted by molar-refractivity contribution is 0.175. The highest BCUT2D eigenvalue weighted by Crippen LogP contribution is 2.29. The Kier molecular flexibility index (Phi) is 4.89. The smallest absolute Gasteiger partial charge is 0.243 e. The van der Waals surface area contributed by atoms with Crippen LogP contribution in [0.1, 0.15) is 39.0 Å². The standard InChI is InChI=1S/C16H25N3O3S/c1-13(20)11-14-5-4-10-19(14)16-12-15(6-7-17-16)23(21,22)18-8-2-3-9-18/h6-7,12-14,20H,2-5,8-11H2,1H3/t13-,14+/m1/s1. The lowest BCUT2D eigenvalue weighted by Crippen LogP contribution is -2.33. The Labute approximate surface area is 138 Å². The van der Waals surface area contributed by atoms with Gasteiger partial charge in [0.1, 0.15) is 5.82 Å². The molecule has 23 heavy (non-hydrogen) atoms. The lowest BCUT2D eigenvalue weighted by atomic mass is 10.1. The van der Waals surface area contributed by atoms with Crippen LogP contribution in [0.25, 0.3) is 0 Å². The van der Waals surface area contributed by atoms with E-state index in [0.29, 0.717) is 30.2 Å². The van der Waals surface area contributed by atoms with Crippen molar-refractivity contribution in [2.75, 3.05) is 24.5 Å². The van der Waals surface area contributed by atoms with Crippen molar-refractivity contribution in [2.24, 2.45) is 0 Å². The fraction of sp³-hybridized carbons (Fsp3) is 0.688. The second kappa shape index (κ2) is 6.75. The Morgan fingerprint density at radius 1 is 1.30 bits per heavy atom. The van der Waals surface area contributed by atoms with E-state index in [-0.39, 0.29) is 12.1 Å². The highest BCUT2D eigenvalue weighted by Gasteiger charge is 2.30.